The summed E-state index contributed by atoms with van der Waals surface area (Å²) in [6.45, 7) is 2.24. The van der Waals surface area contributed by atoms with Crippen molar-refractivity contribution in [2.45, 2.75) is 77.6 Å². The summed E-state index contributed by atoms with van der Waals surface area (Å²) in [5.41, 5.74) is 0. The molecule has 0 spiro atoms. The Labute approximate surface area is 118 Å². The molecule has 0 radical (unpaired) electrons. The highest BCUT2D eigenvalue weighted by atomic mass is 32.1. The molecule has 0 heterocycles. The molecule has 1 unspecified atom stereocenters. The number of nitriles is 1. The van der Waals surface area contributed by atoms with Crippen LogP contribution in [0.25, 0.3) is 0 Å². The molecule has 0 saturated heterocycles. The van der Waals surface area contributed by atoms with Crippen LogP contribution in [-0.2, 0) is 4.79 Å². The van der Waals surface area contributed by atoms with Crippen LogP contribution in [-0.4, -0.2) is 5.12 Å². The van der Waals surface area contributed by atoms with Gasteiger partial charge in [0.15, 0.2) is 0 Å². The third-order valence-corrected chi connectivity index (χ3v) is 3.61. The summed E-state index contributed by atoms with van der Waals surface area (Å²) in [7, 11) is 0. The van der Waals surface area contributed by atoms with Crippen molar-refractivity contribution < 1.29 is 4.79 Å². The molecule has 0 aliphatic heterocycles. The first-order valence-electron chi connectivity index (χ1n) is 7.34. The Hall–Kier alpha value is -0.490. The second-order valence-electron chi connectivity index (χ2n) is 4.99. The van der Waals surface area contributed by atoms with Crippen molar-refractivity contribution in [2.24, 2.45) is 5.92 Å². The van der Waals surface area contributed by atoms with Gasteiger partial charge in [-0.15, -0.1) is 12.6 Å². The summed E-state index contributed by atoms with van der Waals surface area (Å²) < 4.78 is 0. The monoisotopic (exact) mass is 269 g/mol. The molecule has 3 heteroatoms. The van der Waals surface area contributed by atoms with E-state index in [9.17, 15) is 4.79 Å². The lowest BCUT2D eigenvalue weighted by Gasteiger charge is -2.04. The van der Waals surface area contributed by atoms with Crippen molar-refractivity contribution >= 4 is 17.7 Å². The maximum Gasteiger partial charge on any atom is 0.203 e. The predicted molar refractivity (Wildman–Crippen MR) is 79.6 cm³/mol. The van der Waals surface area contributed by atoms with Crippen molar-refractivity contribution in [1.29, 1.82) is 5.26 Å². The molecular formula is C15H27NOS. The van der Waals surface area contributed by atoms with E-state index >= 15 is 0 Å². The Morgan fingerprint density at radius 1 is 1.00 bits per heavy atom. The van der Waals surface area contributed by atoms with E-state index < -0.39 is 5.92 Å². The summed E-state index contributed by atoms with van der Waals surface area (Å²) in [6, 6.07) is 2.01. The molecule has 0 aliphatic carbocycles. The molecule has 0 aromatic heterocycles. The van der Waals surface area contributed by atoms with Gasteiger partial charge in [0.05, 0.1) is 6.07 Å². The Kier molecular flexibility index (Phi) is 12.6. The molecule has 0 rings (SSSR count). The molecule has 0 fully saturated rings. The third-order valence-electron chi connectivity index (χ3n) is 3.30. The smallest absolute Gasteiger partial charge is 0.203 e. The van der Waals surface area contributed by atoms with E-state index in [1.165, 1.54) is 51.4 Å². The van der Waals surface area contributed by atoms with Crippen LogP contribution < -0.4 is 0 Å². The second-order valence-corrected chi connectivity index (χ2v) is 5.43. The van der Waals surface area contributed by atoms with Gasteiger partial charge >= 0.3 is 0 Å². The van der Waals surface area contributed by atoms with E-state index in [0.29, 0.717) is 6.42 Å². The van der Waals surface area contributed by atoms with Crippen LogP contribution in [0.4, 0.5) is 0 Å². The Balaban J connectivity index is 3.21. The molecule has 104 valence electrons. The molecule has 0 aromatic rings. The average molecular weight is 269 g/mol. The van der Waals surface area contributed by atoms with Crippen LogP contribution in [0, 0.1) is 17.2 Å². The maximum absolute atomic E-state index is 10.9. The van der Waals surface area contributed by atoms with E-state index in [4.69, 9.17) is 5.26 Å². The molecule has 0 saturated carbocycles. The minimum atomic E-state index is -0.498. The first-order valence-corrected chi connectivity index (χ1v) is 7.79. The predicted octanol–water partition coefficient (Wildman–Crippen LogP) is 4.89. The first kappa shape index (κ1) is 17.5. The van der Waals surface area contributed by atoms with Gasteiger partial charge in [0, 0.05) is 0 Å². The highest BCUT2D eigenvalue weighted by Crippen LogP contribution is 2.15. The van der Waals surface area contributed by atoms with Gasteiger partial charge in [-0.25, -0.2) is 0 Å². The van der Waals surface area contributed by atoms with E-state index in [2.05, 4.69) is 19.6 Å². The number of carbonyl (C=O) groups is 1. The number of rotatable bonds is 12. The van der Waals surface area contributed by atoms with Crippen LogP contribution in [0.15, 0.2) is 0 Å². The Bertz CT molecular complexity index is 247. The first-order chi connectivity index (χ1) is 8.72. The summed E-state index contributed by atoms with van der Waals surface area (Å²) in [4.78, 5) is 10.9. The van der Waals surface area contributed by atoms with E-state index in [0.717, 1.165) is 12.8 Å². The second kappa shape index (κ2) is 13.0. The highest BCUT2D eigenvalue weighted by molar-refractivity contribution is 7.96. The van der Waals surface area contributed by atoms with Gasteiger partial charge in [0.2, 0.25) is 5.12 Å². The van der Waals surface area contributed by atoms with Crippen LogP contribution in [0.2, 0.25) is 0 Å². The summed E-state index contributed by atoms with van der Waals surface area (Å²) in [5, 5.41) is 8.44. The van der Waals surface area contributed by atoms with Crippen molar-refractivity contribution in [1.82, 2.24) is 0 Å². The Morgan fingerprint density at radius 2 is 1.44 bits per heavy atom. The molecule has 0 N–H and O–H groups in total. The summed E-state index contributed by atoms with van der Waals surface area (Å²) in [6.07, 6.45) is 13.4. The largest absolute Gasteiger partial charge is 0.286 e. The van der Waals surface area contributed by atoms with Crippen molar-refractivity contribution in [3.05, 3.63) is 0 Å². The SMILES string of the molecule is CCCCCCCCCCCCC(C#N)C(=O)S. The normalized spacial score (nSPS) is 12.1. The maximum atomic E-state index is 10.9. The fourth-order valence-corrected chi connectivity index (χ4v) is 2.27. The van der Waals surface area contributed by atoms with Gasteiger partial charge in [-0.2, -0.15) is 5.26 Å². The fraction of sp³-hybridized carbons (Fsp3) is 0.867. The number of unbranched alkanes of at least 4 members (excludes halogenated alkanes) is 9. The summed E-state index contributed by atoms with van der Waals surface area (Å²) >= 11 is 3.71. The molecule has 0 aromatic carbocycles. The van der Waals surface area contributed by atoms with Gasteiger partial charge in [-0.05, 0) is 6.42 Å². The van der Waals surface area contributed by atoms with E-state index in [1.54, 1.807) is 0 Å². The molecule has 1 atom stereocenters. The summed E-state index contributed by atoms with van der Waals surface area (Å²) in [5.74, 6) is -0.498. The van der Waals surface area contributed by atoms with Crippen LogP contribution in [0.3, 0.4) is 0 Å². The fourth-order valence-electron chi connectivity index (χ4n) is 2.08. The van der Waals surface area contributed by atoms with Gasteiger partial charge < -0.3 is 0 Å². The number of hydrogen-bond acceptors (Lipinski definition) is 2. The molecule has 0 aliphatic rings. The van der Waals surface area contributed by atoms with Crippen LogP contribution in [0.1, 0.15) is 77.6 Å². The zero-order valence-corrected chi connectivity index (χ0v) is 12.6. The number of carbonyl (C=O) groups excluding carboxylic acids is 1. The van der Waals surface area contributed by atoms with Gasteiger partial charge in [0.1, 0.15) is 5.92 Å². The lowest BCUT2D eigenvalue weighted by atomic mass is 10.0. The standard InChI is InChI=1S/C15H27NOS/c1-2-3-4-5-6-7-8-9-10-11-12-14(13-16)15(17)18/h14H,2-12H2,1H3,(H,17,18). The van der Waals surface area contributed by atoms with Crippen molar-refractivity contribution in [3.63, 3.8) is 0 Å². The zero-order chi connectivity index (χ0) is 13.6. The molecule has 0 bridgehead atoms. The topological polar surface area (TPSA) is 40.9 Å². The lowest BCUT2D eigenvalue weighted by Crippen LogP contribution is -2.05. The quantitative estimate of drug-likeness (QED) is 0.404. The molecule has 2 nitrogen and oxygen atoms in total. The van der Waals surface area contributed by atoms with Crippen molar-refractivity contribution in [3.8, 4) is 6.07 Å². The number of hydrogen-bond donors (Lipinski definition) is 1. The minimum absolute atomic E-state index is 0.284. The van der Waals surface area contributed by atoms with E-state index in [-0.39, 0.29) is 5.12 Å². The average Bonchev–Trinajstić information content (AvgIpc) is 2.35. The van der Waals surface area contributed by atoms with Crippen molar-refractivity contribution in [2.75, 3.05) is 0 Å². The Morgan fingerprint density at radius 3 is 1.83 bits per heavy atom. The molecule has 18 heavy (non-hydrogen) atoms. The molecular weight excluding hydrogens is 242 g/mol. The number of thiol groups is 1. The number of nitrogens with zero attached hydrogens (tertiary/aromatic N) is 1. The third kappa shape index (κ3) is 10.7. The van der Waals surface area contributed by atoms with Crippen LogP contribution in [0.5, 0.6) is 0 Å². The lowest BCUT2D eigenvalue weighted by molar-refractivity contribution is -0.112. The van der Waals surface area contributed by atoms with Gasteiger partial charge in [0.25, 0.3) is 0 Å². The highest BCUT2D eigenvalue weighted by Gasteiger charge is 2.12. The molecule has 0 amide bonds. The zero-order valence-electron chi connectivity index (χ0n) is 11.7. The minimum Gasteiger partial charge on any atom is -0.286 e. The van der Waals surface area contributed by atoms with Gasteiger partial charge in [-0.1, -0.05) is 71.1 Å². The van der Waals surface area contributed by atoms with Crippen LogP contribution >= 0.6 is 12.6 Å². The van der Waals surface area contributed by atoms with Gasteiger partial charge in [-0.3, -0.25) is 4.79 Å². The van der Waals surface area contributed by atoms with E-state index in [1.807, 2.05) is 6.07 Å².